The number of aromatic amines is 1. The third-order valence-electron chi connectivity index (χ3n) is 2.23. The summed E-state index contributed by atoms with van der Waals surface area (Å²) in [4.78, 5) is 29.3. The van der Waals surface area contributed by atoms with Crippen LogP contribution in [0.5, 0.6) is 5.75 Å². The van der Waals surface area contributed by atoms with E-state index in [4.69, 9.17) is 4.74 Å². The van der Waals surface area contributed by atoms with Gasteiger partial charge in [0, 0.05) is 6.20 Å². The second kappa shape index (κ2) is 4.25. The molecule has 2 aromatic rings. The third-order valence-corrected chi connectivity index (χ3v) is 2.23. The summed E-state index contributed by atoms with van der Waals surface area (Å²) < 4.78 is 4.72. The van der Waals surface area contributed by atoms with Gasteiger partial charge in [0.25, 0.3) is 5.56 Å². The number of nitrogens with zero attached hydrogens (tertiary/aromatic N) is 1. The number of aromatic nitrogens is 2. The van der Waals surface area contributed by atoms with Crippen LogP contribution >= 0.6 is 0 Å². The lowest BCUT2D eigenvalue weighted by atomic mass is 10.2. The summed E-state index contributed by atoms with van der Waals surface area (Å²) in [6, 6.07) is 3.08. The fourth-order valence-electron chi connectivity index (χ4n) is 1.49. The molecule has 0 saturated heterocycles. The summed E-state index contributed by atoms with van der Waals surface area (Å²) in [5, 5.41) is 10.1. The smallest absolute Gasteiger partial charge is 0.358 e. The molecule has 17 heavy (non-hydrogen) atoms. The maximum atomic E-state index is 11.6. The number of fused-ring (bicyclic) bond motifs is 1. The number of rotatable bonds is 2. The molecule has 2 N–H and O–H groups in total. The Morgan fingerprint density at radius 3 is 3.06 bits per heavy atom. The molecule has 0 aliphatic carbocycles. The molecule has 6 nitrogen and oxygen atoms in total. The molecular formula is C11H10N2O4. The number of pyridine rings is 2. The first-order valence-electron chi connectivity index (χ1n) is 5.02. The Morgan fingerprint density at radius 1 is 1.59 bits per heavy atom. The van der Waals surface area contributed by atoms with Crippen LogP contribution in [0.2, 0.25) is 0 Å². The monoisotopic (exact) mass is 234 g/mol. The lowest BCUT2D eigenvalue weighted by Crippen LogP contribution is -2.16. The van der Waals surface area contributed by atoms with Crippen LogP contribution in [0.4, 0.5) is 0 Å². The molecule has 0 unspecified atom stereocenters. The number of nitrogens with one attached hydrogen (secondary N) is 1. The number of esters is 1. The molecule has 2 rings (SSSR count). The highest BCUT2D eigenvalue weighted by molar-refractivity contribution is 5.97. The summed E-state index contributed by atoms with van der Waals surface area (Å²) in [7, 11) is 0. The van der Waals surface area contributed by atoms with Crippen molar-refractivity contribution in [3.8, 4) is 5.75 Å². The maximum absolute atomic E-state index is 11.6. The van der Waals surface area contributed by atoms with E-state index in [2.05, 4.69) is 9.97 Å². The highest BCUT2D eigenvalue weighted by atomic mass is 16.5. The van der Waals surface area contributed by atoms with Gasteiger partial charge in [-0.25, -0.2) is 4.79 Å². The van der Waals surface area contributed by atoms with Crippen LogP contribution < -0.4 is 5.56 Å². The van der Waals surface area contributed by atoms with E-state index in [1.54, 1.807) is 13.0 Å². The second-order valence-corrected chi connectivity index (χ2v) is 3.30. The minimum Gasteiger partial charge on any atom is -0.504 e. The van der Waals surface area contributed by atoms with Gasteiger partial charge < -0.3 is 14.8 Å². The molecule has 0 amide bonds. The zero-order chi connectivity index (χ0) is 12.4. The van der Waals surface area contributed by atoms with Crippen LogP contribution in [0.25, 0.3) is 10.9 Å². The Hall–Kier alpha value is -2.37. The van der Waals surface area contributed by atoms with Gasteiger partial charge in [0.2, 0.25) is 0 Å². The molecule has 0 aliphatic heterocycles. The molecule has 0 aromatic carbocycles. The minimum atomic E-state index is -0.783. The van der Waals surface area contributed by atoms with Crippen LogP contribution in [0.3, 0.4) is 0 Å². The Balaban J connectivity index is 2.71. The van der Waals surface area contributed by atoms with Crippen molar-refractivity contribution in [2.24, 2.45) is 0 Å². The standard InChI is InChI=1S/C11H10N2O4/c1-2-17-11(16)8-9(14)7-6(10(15)13-8)4-3-5-12-7/h3-5,14H,2H2,1H3,(H,13,15). The van der Waals surface area contributed by atoms with Gasteiger partial charge in [0.1, 0.15) is 5.52 Å². The van der Waals surface area contributed by atoms with E-state index in [1.165, 1.54) is 12.3 Å². The maximum Gasteiger partial charge on any atom is 0.358 e. The molecular weight excluding hydrogens is 224 g/mol. The number of ether oxygens (including phenoxy) is 1. The Morgan fingerprint density at radius 2 is 2.35 bits per heavy atom. The van der Waals surface area contributed by atoms with Crippen molar-refractivity contribution in [3.63, 3.8) is 0 Å². The largest absolute Gasteiger partial charge is 0.504 e. The highest BCUT2D eigenvalue weighted by Crippen LogP contribution is 2.22. The first-order chi connectivity index (χ1) is 8.15. The van der Waals surface area contributed by atoms with Crippen molar-refractivity contribution in [1.82, 2.24) is 9.97 Å². The average molecular weight is 234 g/mol. The van der Waals surface area contributed by atoms with Crippen LogP contribution in [0.1, 0.15) is 17.4 Å². The fourth-order valence-corrected chi connectivity index (χ4v) is 1.49. The first-order valence-corrected chi connectivity index (χ1v) is 5.02. The van der Waals surface area contributed by atoms with Gasteiger partial charge in [-0.1, -0.05) is 0 Å². The van der Waals surface area contributed by atoms with Crippen molar-refractivity contribution in [2.45, 2.75) is 6.92 Å². The number of hydrogen-bond acceptors (Lipinski definition) is 5. The summed E-state index contributed by atoms with van der Waals surface area (Å²) in [5.41, 5.74) is -0.684. The Labute approximate surface area is 95.9 Å². The van der Waals surface area contributed by atoms with E-state index >= 15 is 0 Å². The second-order valence-electron chi connectivity index (χ2n) is 3.30. The molecule has 0 fully saturated rings. The lowest BCUT2D eigenvalue weighted by molar-refractivity contribution is 0.0516. The Bertz CT molecular complexity index is 633. The predicted molar refractivity (Wildman–Crippen MR) is 60.0 cm³/mol. The minimum absolute atomic E-state index is 0.0827. The van der Waals surface area contributed by atoms with E-state index in [0.29, 0.717) is 0 Å². The van der Waals surface area contributed by atoms with Crippen LogP contribution in [0, 0.1) is 0 Å². The van der Waals surface area contributed by atoms with Crippen molar-refractivity contribution < 1.29 is 14.6 Å². The molecule has 2 aromatic heterocycles. The van der Waals surface area contributed by atoms with Gasteiger partial charge in [0.15, 0.2) is 11.4 Å². The number of hydrogen-bond donors (Lipinski definition) is 2. The lowest BCUT2D eigenvalue weighted by Gasteiger charge is -2.05. The average Bonchev–Trinajstić information content (AvgIpc) is 2.34. The number of carbonyl (C=O) groups is 1. The van der Waals surface area contributed by atoms with Crippen LogP contribution in [-0.4, -0.2) is 27.7 Å². The van der Waals surface area contributed by atoms with Gasteiger partial charge in [-0.2, -0.15) is 0 Å². The predicted octanol–water partition coefficient (Wildman–Crippen LogP) is 0.805. The van der Waals surface area contributed by atoms with E-state index in [0.717, 1.165) is 0 Å². The third kappa shape index (κ3) is 1.84. The molecule has 0 bridgehead atoms. The van der Waals surface area contributed by atoms with Gasteiger partial charge in [-0.3, -0.25) is 9.78 Å². The quantitative estimate of drug-likeness (QED) is 0.750. The first kappa shape index (κ1) is 11.1. The molecule has 0 saturated carbocycles. The Kier molecular flexibility index (Phi) is 2.78. The normalized spacial score (nSPS) is 10.4. The molecule has 0 spiro atoms. The summed E-state index contributed by atoms with van der Waals surface area (Å²) >= 11 is 0. The van der Waals surface area contributed by atoms with E-state index in [1.807, 2.05) is 0 Å². The van der Waals surface area contributed by atoms with E-state index in [9.17, 15) is 14.7 Å². The topological polar surface area (TPSA) is 92.3 Å². The molecule has 0 atom stereocenters. The SMILES string of the molecule is CCOC(=O)c1[nH]c(=O)c2cccnc2c1O. The van der Waals surface area contributed by atoms with Crippen molar-refractivity contribution in [1.29, 1.82) is 0 Å². The fraction of sp³-hybridized carbons (Fsp3) is 0.182. The zero-order valence-electron chi connectivity index (χ0n) is 9.06. The van der Waals surface area contributed by atoms with E-state index in [-0.39, 0.29) is 29.0 Å². The number of H-pyrrole nitrogens is 1. The van der Waals surface area contributed by atoms with Crippen molar-refractivity contribution in [3.05, 3.63) is 34.4 Å². The summed E-state index contributed by atoms with van der Waals surface area (Å²) in [6.45, 7) is 1.78. The number of carbonyl (C=O) groups excluding carboxylic acids is 1. The number of aromatic hydroxyl groups is 1. The zero-order valence-corrected chi connectivity index (χ0v) is 9.06. The van der Waals surface area contributed by atoms with E-state index < -0.39 is 11.5 Å². The van der Waals surface area contributed by atoms with Gasteiger partial charge in [-0.15, -0.1) is 0 Å². The molecule has 88 valence electrons. The molecule has 0 radical (unpaired) electrons. The summed E-state index contributed by atoms with van der Waals surface area (Å²) in [6.07, 6.45) is 1.43. The molecule has 0 aliphatic rings. The molecule has 2 heterocycles. The summed E-state index contributed by atoms with van der Waals surface area (Å²) in [5.74, 6) is -1.16. The highest BCUT2D eigenvalue weighted by Gasteiger charge is 2.18. The van der Waals surface area contributed by atoms with Crippen LogP contribution in [-0.2, 0) is 4.74 Å². The van der Waals surface area contributed by atoms with Gasteiger partial charge in [0.05, 0.1) is 12.0 Å². The van der Waals surface area contributed by atoms with Crippen molar-refractivity contribution in [2.75, 3.05) is 6.61 Å². The van der Waals surface area contributed by atoms with Crippen LogP contribution in [0.15, 0.2) is 23.1 Å². The van der Waals surface area contributed by atoms with Crippen molar-refractivity contribution >= 4 is 16.9 Å². The molecule has 6 heteroatoms. The van der Waals surface area contributed by atoms with Gasteiger partial charge in [-0.05, 0) is 19.1 Å². The van der Waals surface area contributed by atoms with Gasteiger partial charge >= 0.3 is 5.97 Å².